The summed E-state index contributed by atoms with van der Waals surface area (Å²) in [4.78, 5) is 18.2. The van der Waals surface area contributed by atoms with Gasteiger partial charge in [0.1, 0.15) is 11.3 Å². The number of carbonyl (C=O) groups excluding carboxylic acids is 1. The fourth-order valence-electron chi connectivity index (χ4n) is 4.90. The molecule has 1 aromatic heterocycles. The fraction of sp³-hybridized carbons (Fsp3) is 0.684. The van der Waals surface area contributed by atoms with Gasteiger partial charge in [-0.25, -0.2) is 0 Å². The maximum absolute atomic E-state index is 11.6. The van der Waals surface area contributed by atoms with Crippen LogP contribution in [0, 0.1) is 11.8 Å². The smallest absolute Gasteiger partial charge is 0.267 e. The average molecular weight is 384 g/mol. The van der Waals surface area contributed by atoms with Gasteiger partial charge in [-0.15, -0.1) is 12.4 Å². The topological polar surface area (TPSA) is 77.7 Å². The average Bonchev–Trinajstić information content (AvgIpc) is 2.60. The van der Waals surface area contributed by atoms with E-state index in [1.165, 1.54) is 6.42 Å². The molecule has 1 amide bonds. The second kappa shape index (κ2) is 8.65. The molecule has 4 atom stereocenters. The van der Waals surface area contributed by atoms with Gasteiger partial charge in [-0.05, 0) is 37.5 Å². The predicted molar refractivity (Wildman–Crippen MR) is 102 cm³/mol. The van der Waals surface area contributed by atoms with Gasteiger partial charge in [0.05, 0.1) is 6.61 Å². The molecule has 2 fully saturated rings. The van der Waals surface area contributed by atoms with E-state index in [2.05, 4.69) is 16.8 Å². The van der Waals surface area contributed by atoms with Crippen LogP contribution in [-0.2, 0) is 15.1 Å². The summed E-state index contributed by atoms with van der Waals surface area (Å²) in [6.07, 6.45) is 5.14. The monoisotopic (exact) mass is 383 g/mol. The highest BCUT2D eigenvalue weighted by Crippen LogP contribution is 2.51. The zero-order valence-corrected chi connectivity index (χ0v) is 16.6. The minimum Gasteiger partial charge on any atom is -0.383 e. The summed E-state index contributed by atoms with van der Waals surface area (Å²) in [5, 5.41) is 0. The molecule has 146 valence electrons. The van der Waals surface area contributed by atoms with Crippen molar-refractivity contribution in [2.24, 2.45) is 17.6 Å². The Balaban J connectivity index is 0.00000243. The fourth-order valence-corrected chi connectivity index (χ4v) is 4.90. The van der Waals surface area contributed by atoms with Crippen molar-refractivity contribution in [1.82, 2.24) is 9.88 Å². The number of piperidine rings is 1. The zero-order chi connectivity index (χ0) is 18.0. The molecular formula is C19H30ClN3O3. The second-order valence-corrected chi connectivity index (χ2v) is 7.37. The molecule has 0 spiro atoms. The van der Waals surface area contributed by atoms with Crippen LogP contribution < -0.4 is 5.73 Å². The van der Waals surface area contributed by atoms with Gasteiger partial charge in [0, 0.05) is 51.4 Å². The van der Waals surface area contributed by atoms with Crippen LogP contribution in [0.15, 0.2) is 18.3 Å². The largest absolute Gasteiger partial charge is 0.383 e. The molecule has 1 aliphatic heterocycles. The summed E-state index contributed by atoms with van der Waals surface area (Å²) in [5.41, 5.74) is 6.42. The summed E-state index contributed by atoms with van der Waals surface area (Å²) in [6.45, 7) is 4.91. The molecule has 1 aromatic rings. The minimum atomic E-state index is -0.496. The Morgan fingerprint density at radius 1 is 1.38 bits per heavy atom. The predicted octanol–water partition coefficient (Wildman–Crippen LogP) is 2.21. The summed E-state index contributed by atoms with van der Waals surface area (Å²) in [6, 6.07) is 4.20. The molecule has 7 heteroatoms. The Kier molecular flexibility index (Phi) is 7.02. The quantitative estimate of drug-likeness (QED) is 0.814. The van der Waals surface area contributed by atoms with Gasteiger partial charge in [-0.1, -0.05) is 6.42 Å². The summed E-state index contributed by atoms with van der Waals surface area (Å²) < 4.78 is 11.6. The molecule has 26 heavy (non-hydrogen) atoms. The molecule has 2 bridgehead atoms. The van der Waals surface area contributed by atoms with Crippen molar-refractivity contribution in [3.05, 3.63) is 29.6 Å². The third kappa shape index (κ3) is 3.60. The normalized spacial score (nSPS) is 29.7. The first-order valence-electron chi connectivity index (χ1n) is 9.07. The van der Waals surface area contributed by atoms with Crippen LogP contribution in [0.25, 0.3) is 0 Å². The van der Waals surface area contributed by atoms with Crippen LogP contribution in [0.2, 0.25) is 0 Å². The molecule has 0 aromatic carbocycles. The number of hydrogen-bond acceptors (Lipinski definition) is 5. The van der Waals surface area contributed by atoms with Crippen molar-refractivity contribution >= 4 is 18.3 Å². The Morgan fingerprint density at radius 3 is 2.58 bits per heavy atom. The van der Waals surface area contributed by atoms with Gasteiger partial charge in [0.25, 0.3) is 5.91 Å². The van der Waals surface area contributed by atoms with Gasteiger partial charge in [0.2, 0.25) is 0 Å². The van der Waals surface area contributed by atoms with E-state index >= 15 is 0 Å². The molecule has 0 radical (unpaired) electrons. The lowest BCUT2D eigenvalue weighted by atomic mass is 9.62. The van der Waals surface area contributed by atoms with Crippen molar-refractivity contribution in [3.63, 3.8) is 0 Å². The number of fused-ring (bicyclic) bond motifs is 2. The number of nitrogens with zero attached hydrogens (tertiary/aromatic N) is 2. The van der Waals surface area contributed by atoms with Gasteiger partial charge in [-0.2, -0.15) is 0 Å². The van der Waals surface area contributed by atoms with Gasteiger partial charge >= 0.3 is 0 Å². The highest BCUT2D eigenvalue weighted by Gasteiger charge is 2.53. The van der Waals surface area contributed by atoms with Crippen LogP contribution in [-0.4, -0.2) is 55.7 Å². The molecular weight excluding hydrogens is 354 g/mol. The van der Waals surface area contributed by atoms with Gasteiger partial charge in [0.15, 0.2) is 0 Å². The van der Waals surface area contributed by atoms with Gasteiger partial charge in [-0.3, -0.25) is 14.7 Å². The maximum atomic E-state index is 11.6. The van der Waals surface area contributed by atoms with Crippen molar-refractivity contribution < 1.29 is 14.3 Å². The van der Waals surface area contributed by atoms with E-state index in [9.17, 15) is 4.79 Å². The van der Waals surface area contributed by atoms with Crippen LogP contribution >= 0.6 is 12.4 Å². The Morgan fingerprint density at radius 2 is 2.04 bits per heavy atom. The molecule has 6 nitrogen and oxygen atoms in total. The first-order valence-corrected chi connectivity index (χ1v) is 9.07. The number of ether oxygens (including phenoxy) is 2. The van der Waals surface area contributed by atoms with E-state index in [4.69, 9.17) is 15.2 Å². The zero-order valence-electron chi connectivity index (χ0n) is 15.8. The highest BCUT2D eigenvalue weighted by molar-refractivity contribution is 5.90. The molecule has 1 saturated carbocycles. The number of amides is 1. The van der Waals surface area contributed by atoms with Gasteiger partial charge < -0.3 is 15.2 Å². The number of rotatable bonds is 6. The second-order valence-electron chi connectivity index (χ2n) is 7.37. The third-order valence-corrected chi connectivity index (χ3v) is 6.06. The number of halogens is 1. The summed E-state index contributed by atoms with van der Waals surface area (Å²) >= 11 is 0. The number of likely N-dealkylation sites (tertiary alicyclic amines) is 1. The minimum absolute atomic E-state index is 0. The lowest BCUT2D eigenvalue weighted by Crippen LogP contribution is -2.61. The van der Waals surface area contributed by atoms with E-state index < -0.39 is 5.91 Å². The molecule has 1 saturated heterocycles. The van der Waals surface area contributed by atoms with E-state index in [-0.39, 0.29) is 18.0 Å². The molecule has 1 aliphatic carbocycles. The number of carbonyl (C=O) groups is 1. The molecule has 0 unspecified atom stereocenters. The van der Waals surface area contributed by atoms with Crippen molar-refractivity contribution in [3.8, 4) is 0 Å². The lowest BCUT2D eigenvalue weighted by molar-refractivity contribution is -0.175. The number of nitrogens with two attached hydrogens (primary N) is 1. The number of methoxy groups -OCH3 is 2. The van der Waals surface area contributed by atoms with Crippen LogP contribution in [0.4, 0.5) is 0 Å². The van der Waals surface area contributed by atoms with Crippen molar-refractivity contribution in [2.45, 2.75) is 37.8 Å². The third-order valence-electron chi connectivity index (χ3n) is 6.06. The van der Waals surface area contributed by atoms with Crippen LogP contribution in [0.3, 0.4) is 0 Å². The van der Waals surface area contributed by atoms with Crippen LogP contribution in [0.5, 0.6) is 0 Å². The number of aromatic nitrogens is 1. The van der Waals surface area contributed by atoms with E-state index in [0.29, 0.717) is 23.6 Å². The van der Waals surface area contributed by atoms with Crippen molar-refractivity contribution in [1.29, 1.82) is 0 Å². The molecule has 2 heterocycles. The van der Waals surface area contributed by atoms with E-state index in [1.807, 2.05) is 12.1 Å². The Hall–Kier alpha value is -1.21. The number of hydrogen-bond donors (Lipinski definition) is 1. The van der Waals surface area contributed by atoms with E-state index in [0.717, 1.165) is 38.1 Å². The van der Waals surface area contributed by atoms with Crippen molar-refractivity contribution in [2.75, 3.05) is 33.9 Å². The number of pyridine rings is 1. The summed E-state index contributed by atoms with van der Waals surface area (Å²) in [7, 11) is 3.55. The molecule has 3 rings (SSSR count). The lowest BCUT2D eigenvalue weighted by Gasteiger charge is -2.56. The van der Waals surface area contributed by atoms with E-state index in [1.54, 1.807) is 20.4 Å². The standard InChI is InChI=1S/C19H29N3O3.ClH/c1-13(12-24-2)22-10-15-5-4-6-16(11-22)19(15,25-3)14-7-8-21-17(9-14)18(20)23;/h7-9,13,15-16H,4-6,10-12H2,1-3H3,(H2,20,23);1H/t13-,15-,16+,19+;/m1./s1. The highest BCUT2D eigenvalue weighted by atomic mass is 35.5. The number of primary amides is 1. The van der Waals surface area contributed by atoms with Crippen LogP contribution in [0.1, 0.15) is 42.2 Å². The first kappa shape index (κ1) is 21.1. The SMILES string of the molecule is COC[C@@H](C)N1C[C@H]2CCC[C@@H](C1)[C@]2(OC)c1ccnc(C(N)=O)c1.Cl. The maximum Gasteiger partial charge on any atom is 0.267 e. The Labute approximate surface area is 161 Å². The molecule has 2 aliphatic rings. The summed E-state index contributed by atoms with van der Waals surface area (Å²) in [5.74, 6) is 0.268. The Bertz CT molecular complexity index is 614. The first-order chi connectivity index (χ1) is 12.0. The molecule has 2 N–H and O–H groups in total.